The van der Waals surface area contributed by atoms with Crippen molar-refractivity contribution in [3.63, 3.8) is 0 Å². The number of ether oxygens (including phenoxy) is 1. The third-order valence-corrected chi connectivity index (χ3v) is 4.45. The Bertz CT molecular complexity index is 875. The Hall–Kier alpha value is -2.87. The fourth-order valence-electron chi connectivity index (χ4n) is 3.29. The summed E-state index contributed by atoms with van der Waals surface area (Å²) >= 11 is 0. The number of hydrogen-bond donors (Lipinski definition) is 2. The molecule has 1 amide bonds. The first-order valence-electron chi connectivity index (χ1n) is 8.31. The largest absolute Gasteiger partial charge is 0.573 e. The van der Waals surface area contributed by atoms with Crippen molar-refractivity contribution in [1.29, 1.82) is 0 Å². The predicted octanol–water partition coefficient (Wildman–Crippen LogP) is 2.99. The summed E-state index contributed by atoms with van der Waals surface area (Å²) in [6, 6.07) is 9.77. The summed E-state index contributed by atoms with van der Waals surface area (Å²) in [5.41, 5.74) is 5.73. The summed E-state index contributed by atoms with van der Waals surface area (Å²) in [5.74, 6) is -2.21. The van der Waals surface area contributed by atoms with Gasteiger partial charge in [-0.2, -0.15) is 0 Å². The van der Waals surface area contributed by atoms with Crippen LogP contribution in [0, 0.1) is 0 Å². The molecular weight excluding hydrogens is 361 g/mol. The number of amides is 1. The van der Waals surface area contributed by atoms with Crippen molar-refractivity contribution in [2.45, 2.75) is 18.7 Å². The third-order valence-electron chi connectivity index (χ3n) is 4.45. The summed E-state index contributed by atoms with van der Waals surface area (Å²) < 4.78 is 42.1. The zero-order valence-electron chi connectivity index (χ0n) is 14.2. The quantitative estimate of drug-likeness (QED) is 0.784. The molecule has 2 aromatic rings. The van der Waals surface area contributed by atoms with E-state index in [0.29, 0.717) is 12.1 Å². The first-order valence-corrected chi connectivity index (χ1v) is 8.31. The maximum Gasteiger partial charge on any atom is 0.573 e. The minimum atomic E-state index is -4.95. The summed E-state index contributed by atoms with van der Waals surface area (Å²) in [6.45, 7) is 1.34. The van der Waals surface area contributed by atoms with Gasteiger partial charge in [0.15, 0.2) is 5.78 Å². The second kappa shape index (κ2) is 7.40. The lowest BCUT2D eigenvalue weighted by Crippen LogP contribution is -2.22. The average Bonchev–Trinajstić information content (AvgIpc) is 3.14. The highest BCUT2D eigenvalue weighted by Gasteiger charge is 2.34. The molecule has 1 aliphatic heterocycles. The molecule has 1 aliphatic rings. The number of carbonyl (C=O) groups is 2. The van der Waals surface area contributed by atoms with Crippen LogP contribution in [0.25, 0.3) is 0 Å². The molecule has 1 atom stereocenters. The van der Waals surface area contributed by atoms with E-state index in [9.17, 15) is 22.8 Å². The second-order valence-corrected chi connectivity index (χ2v) is 6.20. The highest BCUT2D eigenvalue weighted by atomic mass is 19.4. The van der Waals surface area contributed by atoms with Crippen molar-refractivity contribution < 1.29 is 27.5 Å². The highest BCUT2D eigenvalue weighted by molar-refractivity contribution is 6.17. The zero-order chi connectivity index (χ0) is 19.6. The van der Waals surface area contributed by atoms with Crippen LogP contribution < -0.4 is 15.8 Å². The lowest BCUT2D eigenvalue weighted by molar-refractivity contribution is -0.274. The first kappa shape index (κ1) is 18.9. The summed E-state index contributed by atoms with van der Waals surface area (Å²) in [6.07, 6.45) is -4.21. The summed E-state index contributed by atoms with van der Waals surface area (Å²) in [5, 5.41) is 3.17. The number of primary amides is 1. The minimum absolute atomic E-state index is 0.0220. The fraction of sp³-hybridized carbons (Fsp3) is 0.263. The van der Waals surface area contributed by atoms with Gasteiger partial charge in [0, 0.05) is 12.1 Å². The molecule has 27 heavy (non-hydrogen) atoms. The van der Waals surface area contributed by atoms with Crippen LogP contribution in [0.2, 0.25) is 0 Å². The molecule has 1 fully saturated rings. The number of ketones is 1. The van der Waals surface area contributed by atoms with Gasteiger partial charge in [-0.15, -0.1) is 13.2 Å². The normalized spacial score (nSPS) is 16.9. The number of benzene rings is 2. The van der Waals surface area contributed by atoms with Gasteiger partial charge in [0.05, 0.1) is 11.1 Å². The van der Waals surface area contributed by atoms with Crippen LogP contribution >= 0.6 is 0 Å². The number of rotatable bonds is 5. The molecule has 5 nitrogen and oxygen atoms in total. The van der Waals surface area contributed by atoms with Gasteiger partial charge >= 0.3 is 6.36 Å². The van der Waals surface area contributed by atoms with E-state index >= 15 is 0 Å². The molecule has 8 heteroatoms. The van der Waals surface area contributed by atoms with Crippen LogP contribution in [0.1, 0.15) is 44.2 Å². The van der Waals surface area contributed by atoms with Gasteiger partial charge in [0.2, 0.25) is 5.91 Å². The van der Waals surface area contributed by atoms with Crippen molar-refractivity contribution in [2.24, 2.45) is 5.73 Å². The van der Waals surface area contributed by atoms with Crippen molar-refractivity contribution >= 4 is 11.7 Å². The van der Waals surface area contributed by atoms with E-state index in [0.717, 1.165) is 19.0 Å². The lowest BCUT2D eigenvalue weighted by Gasteiger charge is -2.18. The number of nitrogens with two attached hydrogens (primary N) is 1. The molecular formula is C19H17F3N2O3. The average molecular weight is 378 g/mol. The maximum absolute atomic E-state index is 13.2. The molecule has 0 aromatic heterocycles. The molecule has 1 unspecified atom stereocenters. The van der Waals surface area contributed by atoms with Crippen LogP contribution in [0.15, 0.2) is 42.5 Å². The van der Waals surface area contributed by atoms with Gasteiger partial charge in [0.25, 0.3) is 0 Å². The molecule has 0 spiro atoms. The number of alkyl halides is 3. The lowest BCUT2D eigenvalue weighted by atomic mass is 9.86. The van der Waals surface area contributed by atoms with E-state index in [2.05, 4.69) is 10.1 Å². The van der Waals surface area contributed by atoms with E-state index in [1.54, 1.807) is 12.1 Å². The smallest absolute Gasteiger partial charge is 0.405 e. The molecule has 1 saturated heterocycles. The first-order chi connectivity index (χ1) is 12.8. The Kier molecular flexibility index (Phi) is 5.18. The van der Waals surface area contributed by atoms with Crippen LogP contribution in [0.4, 0.5) is 13.2 Å². The maximum atomic E-state index is 13.2. The standard InChI is InChI=1S/C19H17F3N2O3/c20-19(21,22)27-15-7-2-1-4-13(15)17(25)16-12(11-8-9-24-10-11)5-3-6-14(16)18(23)26/h1-7,11,24H,8-10H2,(H2,23,26). The van der Waals surface area contributed by atoms with Gasteiger partial charge in [-0.25, -0.2) is 0 Å². The Labute approximate surface area is 153 Å². The monoisotopic (exact) mass is 378 g/mol. The molecule has 1 heterocycles. The Morgan fingerprint density at radius 3 is 2.41 bits per heavy atom. The highest BCUT2D eigenvalue weighted by Crippen LogP contribution is 2.33. The van der Waals surface area contributed by atoms with E-state index in [-0.39, 0.29) is 22.6 Å². The second-order valence-electron chi connectivity index (χ2n) is 6.20. The van der Waals surface area contributed by atoms with Crippen molar-refractivity contribution in [1.82, 2.24) is 5.32 Å². The van der Waals surface area contributed by atoms with Gasteiger partial charge in [-0.1, -0.05) is 24.3 Å². The number of para-hydroxylation sites is 1. The molecule has 0 aliphatic carbocycles. The third kappa shape index (κ3) is 4.11. The SMILES string of the molecule is NC(=O)c1cccc(C2CCNC2)c1C(=O)c1ccccc1OC(F)(F)F. The molecule has 142 valence electrons. The number of halogens is 3. The summed E-state index contributed by atoms with van der Waals surface area (Å²) in [4.78, 5) is 25.1. The number of nitrogens with one attached hydrogen (secondary N) is 1. The summed E-state index contributed by atoms with van der Waals surface area (Å²) in [7, 11) is 0. The molecule has 0 radical (unpaired) electrons. The zero-order valence-corrected chi connectivity index (χ0v) is 14.2. The molecule has 0 saturated carbocycles. The van der Waals surface area contributed by atoms with Crippen LogP contribution in [0.5, 0.6) is 5.75 Å². The molecule has 3 rings (SSSR count). The number of hydrogen-bond acceptors (Lipinski definition) is 4. The fourth-order valence-corrected chi connectivity index (χ4v) is 3.29. The van der Waals surface area contributed by atoms with Crippen molar-refractivity contribution in [3.05, 3.63) is 64.7 Å². The van der Waals surface area contributed by atoms with Crippen LogP contribution in [-0.2, 0) is 0 Å². The van der Waals surface area contributed by atoms with Gasteiger partial charge in [0.1, 0.15) is 5.75 Å². The van der Waals surface area contributed by atoms with E-state index < -0.39 is 23.8 Å². The van der Waals surface area contributed by atoms with Crippen LogP contribution in [-0.4, -0.2) is 31.1 Å². The Morgan fingerprint density at radius 2 is 1.78 bits per heavy atom. The topological polar surface area (TPSA) is 81.4 Å². The van der Waals surface area contributed by atoms with Crippen LogP contribution in [0.3, 0.4) is 0 Å². The predicted molar refractivity (Wildman–Crippen MR) is 91.7 cm³/mol. The molecule has 0 bridgehead atoms. The van der Waals surface area contributed by atoms with Gasteiger partial charge in [-0.05, 0) is 42.6 Å². The van der Waals surface area contributed by atoms with E-state index in [1.807, 2.05) is 0 Å². The van der Waals surface area contributed by atoms with E-state index in [1.165, 1.54) is 24.3 Å². The Morgan fingerprint density at radius 1 is 1.07 bits per heavy atom. The van der Waals surface area contributed by atoms with Gasteiger partial charge in [-0.3, -0.25) is 9.59 Å². The van der Waals surface area contributed by atoms with E-state index in [4.69, 9.17) is 5.73 Å². The Balaban J connectivity index is 2.13. The van der Waals surface area contributed by atoms with Gasteiger partial charge < -0.3 is 15.8 Å². The van der Waals surface area contributed by atoms with Crippen molar-refractivity contribution in [2.75, 3.05) is 13.1 Å². The molecule has 2 aromatic carbocycles. The van der Waals surface area contributed by atoms with Crippen molar-refractivity contribution in [3.8, 4) is 5.75 Å². The minimum Gasteiger partial charge on any atom is -0.405 e. The molecule has 3 N–H and O–H groups in total. The number of carbonyl (C=O) groups excluding carboxylic acids is 2.